The number of esters is 1. The van der Waals surface area contributed by atoms with E-state index in [-0.39, 0.29) is 23.3 Å². The van der Waals surface area contributed by atoms with Crippen LogP contribution < -0.4 is 10.0 Å². The number of halogens is 1. The summed E-state index contributed by atoms with van der Waals surface area (Å²) in [5.74, 6) is -0.478. The van der Waals surface area contributed by atoms with Crippen molar-refractivity contribution < 1.29 is 17.9 Å². The molecule has 0 bridgehead atoms. The first kappa shape index (κ1) is 18.9. The second kappa shape index (κ2) is 7.92. The average molecular weight is 349 g/mol. The molecule has 2 N–H and O–H groups in total. The SMILES string of the molecule is COC(=O)c1ccc(S(=O)(=O)NC2CCNCC2)c(C)c1.Cl. The summed E-state index contributed by atoms with van der Waals surface area (Å²) < 4.78 is 32.2. The third-order valence-corrected chi connectivity index (χ3v) is 5.23. The molecule has 22 heavy (non-hydrogen) atoms. The summed E-state index contributed by atoms with van der Waals surface area (Å²) in [6, 6.07) is 4.40. The molecule has 0 aromatic heterocycles. The summed E-state index contributed by atoms with van der Waals surface area (Å²) in [4.78, 5) is 11.7. The summed E-state index contributed by atoms with van der Waals surface area (Å²) in [7, 11) is -2.28. The van der Waals surface area contributed by atoms with E-state index in [4.69, 9.17) is 0 Å². The van der Waals surface area contributed by atoms with Crippen LogP contribution in [-0.2, 0) is 14.8 Å². The molecule has 0 amide bonds. The van der Waals surface area contributed by atoms with Crippen LogP contribution in [-0.4, -0.2) is 40.6 Å². The highest BCUT2D eigenvalue weighted by molar-refractivity contribution is 7.89. The molecule has 1 fully saturated rings. The molecule has 0 radical (unpaired) electrons. The zero-order chi connectivity index (χ0) is 15.5. The standard InChI is InChI=1S/C14H20N2O4S.ClH/c1-10-9-11(14(17)20-2)3-4-13(10)21(18,19)16-12-5-7-15-8-6-12;/h3-4,9,12,15-16H,5-8H2,1-2H3;1H. The van der Waals surface area contributed by atoms with Gasteiger partial charge in [-0.2, -0.15) is 0 Å². The molecule has 1 aromatic rings. The fraction of sp³-hybridized carbons (Fsp3) is 0.500. The van der Waals surface area contributed by atoms with Crippen molar-refractivity contribution in [2.75, 3.05) is 20.2 Å². The topological polar surface area (TPSA) is 84.5 Å². The first-order chi connectivity index (χ1) is 9.94. The maximum Gasteiger partial charge on any atom is 0.337 e. The number of carbonyl (C=O) groups excluding carboxylic acids is 1. The molecule has 2 rings (SSSR count). The Morgan fingerprint density at radius 2 is 1.95 bits per heavy atom. The van der Waals surface area contributed by atoms with E-state index in [1.165, 1.54) is 25.3 Å². The van der Waals surface area contributed by atoms with Crippen molar-refractivity contribution in [2.24, 2.45) is 0 Å². The molecule has 6 nitrogen and oxygen atoms in total. The normalized spacial score (nSPS) is 15.9. The van der Waals surface area contributed by atoms with Crippen LogP contribution in [0.1, 0.15) is 28.8 Å². The minimum Gasteiger partial charge on any atom is -0.465 e. The molecule has 1 heterocycles. The van der Waals surface area contributed by atoms with Gasteiger partial charge in [-0.25, -0.2) is 17.9 Å². The van der Waals surface area contributed by atoms with Crippen LogP contribution in [0.4, 0.5) is 0 Å². The summed E-state index contributed by atoms with van der Waals surface area (Å²) in [5, 5.41) is 3.19. The Hall–Kier alpha value is -1.15. The van der Waals surface area contributed by atoms with E-state index in [1.54, 1.807) is 6.92 Å². The van der Waals surface area contributed by atoms with Crippen molar-refractivity contribution >= 4 is 28.4 Å². The largest absolute Gasteiger partial charge is 0.465 e. The van der Waals surface area contributed by atoms with E-state index >= 15 is 0 Å². The van der Waals surface area contributed by atoms with Gasteiger partial charge in [-0.15, -0.1) is 12.4 Å². The number of nitrogens with one attached hydrogen (secondary N) is 2. The van der Waals surface area contributed by atoms with Crippen molar-refractivity contribution in [3.8, 4) is 0 Å². The Morgan fingerprint density at radius 3 is 2.50 bits per heavy atom. The van der Waals surface area contributed by atoms with E-state index in [9.17, 15) is 13.2 Å². The van der Waals surface area contributed by atoms with Crippen LogP contribution in [0.15, 0.2) is 23.1 Å². The molecule has 1 saturated heterocycles. The molecule has 8 heteroatoms. The Labute approximate surface area is 137 Å². The van der Waals surface area contributed by atoms with Gasteiger partial charge in [0.1, 0.15) is 0 Å². The Bertz CT molecular complexity index is 628. The molecule has 0 spiro atoms. The quantitative estimate of drug-likeness (QED) is 0.799. The highest BCUT2D eigenvalue weighted by Crippen LogP contribution is 2.18. The van der Waals surface area contributed by atoms with E-state index in [1.807, 2.05) is 0 Å². The predicted octanol–water partition coefficient (Wildman–Crippen LogP) is 1.23. The van der Waals surface area contributed by atoms with E-state index in [0.29, 0.717) is 11.1 Å². The number of ether oxygens (including phenoxy) is 1. The van der Waals surface area contributed by atoms with Crippen LogP contribution in [0.2, 0.25) is 0 Å². The Balaban J connectivity index is 0.00000242. The summed E-state index contributed by atoms with van der Waals surface area (Å²) in [6.07, 6.45) is 1.55. The van der Waals surface area contributed by atoms with Crippen LogP contribution in [0, 0.1) is 6.92 Å². The first-order valence-corrected chi connectivity index (χ1v) is 8.34. The van der Waals surface area contributed by atoms with Gasteiger partial charge in [-0.05, 0) is 56.6 Å². The molecule has 0 saturated carbocycles. The van der Waals surface area contributed by atoms with Crippen LogP contribution >= 0.6 is 12.4 Å². The molecule has 1 aliphatic heterocycles. The maximum atomic E-state index is 12.4. The molecule has 1 aliphatic rings. The fourth-order valence-corrected chi connectivity index (χ4v) is 3.95. The van der Waals surface area contributed by atoms with Crippen molar-refractivity contribution in [1.29, 1.82) is 0 Å². The number of piperidine rings is 1. The molecule has 124 valence electrons. The van der Waals surface area contributed by atoms with Gasteiger partial charge in [0.05, 0.1) is 17.6 Å². The summed E-state index contributed by atoms with van der Waals surface area (Å²) in [6.45, 7) is 3.30. The van der Waals surface area contributed by atoms with E-state index < -0.39 is 16.0 Å². The van der Waals surface area contributed by atoms with Gasteiger partial charge in [0.25, 0.3) is 0 Å². The minimum absolute atomic E-state index is 0. The van der Waals surface area contributed by atoms with Gasteiger partial charge in [0.2, 0.25) is 10.0 Å². The molecular formula is C14H21ClN2O4S. The van der Waals surface area contributed by atoms with Gasteiger partial charge < -0.3 is 10.1 Å². The first-order valence-electron chi connectivity index (χ1n) is 6.86. The number of aryl methyl sites for hydroxylation is 1. The molecule has 0 atom stereocenters. The smallest absolute Gasteiger partial charge is 0.337 e. The minimum atomic E-state index is -3.57. The highest BCUT2D eigenvalue weighted by atomic mass is 35.5. The molecule has 1 aromatic carbocycles. The van der Waals surface area contributed by atoms with Crippen molar-refractivity contribution in [3.63, 3.8) is 0 Å². The zero-order valence-corrected chi connectivity index (χ0v) is 14.2. The Morgan fingerprint density at radius 1 is 1.32 bits per heavy atom. The van der Waals surface area contributed by atoms with Crippen LogP contribution in [0.5, 0.6) is 0 Å². The maximum absolute atomic E-state index is 12.4. The number of sulfonamides is 1. The molecule has 0 aliphatic carbocycles. The van der Waals surface area contributed by atoms with Crippen molar-refractivity contribution in [3.05, 3.63) is 29.3 Å². The summed E-state index contributed by atoms with van der Waals surface area (Å²) >= 11 is 0. The third kappa shape index (κ3) is 4.42. The number of hydrogen-bond donors (Lipinski definition) is 2. The zero-order valence-electron chi connectivity index (χ0n) is 12.6. The average Bonchev–Trinajstić information content (AvgIpc) is 2.46. The third-order valence-electron chi connectivity index (χ3n) is 3.55. The Kier molecular flexibility index (Phi) is 6.80. The number of rotatable bonds is 4. The lowest BCUT2D eigenvalue weighted by Crippen LogP contribution is -2.42. The summed E-state index contributed by atoms with van der Waals surface area (Å²) in [5.41, 5.74) is 0.871. The lowest BCUT2D eigenvalue weighted by molar-refractivity contribution is 0.0600. The van der Waals surface area contributed by atoms with Gasteiger partial charge >= 0.3 is 5.97 Å². The lowest BCUT2D eigenvalue weighted by Gasteiger charge is -2.23. The van der Waals surface area contributed by atoms with Crippen LogP contribution in [0.3, 0.4) is 0 Å². The van der Waals surface area contributed by atoms with Gasteiger partial charge in [-0.1, -0.05) is 0 Å². The van der Waals surface area contributed by atoms with Crippen LogP contribution in [0.25, 0.3) is 0 Å². The number of hydrogen-bond acceptors (Lipinski definition) is 5. The number of carbonyl (C=O) groups is 1. The van der Waals surface area contributed by atoms with Crippen molar-refractivity contribution in [1.82, 2.24) is 10.0 Å². The second-order valence-electron chi connectivity index (χ2n) is 5.12. The lowest BCUT2D eigenvalue weighted by atomic mass is 10.1. The number of methoxy groups -OCH3 is 1. The van der Waals surface area contributed by atoms with Crippen molar-refractivity contribution in [2.45, 2.75) is 30.7 Å². The highest BCUT2D eigenvalue weighted by Gasteiger charge is 2.23. The predicted molar refractivity (Wildman–Crippen MR) is 86.0 cm³/mol. The molecular weight excluding hydrogens is 328 g/mol. The fourth-order valence-electron chi connectivity index (χ4n) is 2.42. The molecule has 0 unspecified atom stereocenters. The van der Waals surface area contributed by atoms with E-state index in [0.717, 1.165) is 25.9 Å². The van der Waals surface area contributed by atoms with E-state index in [2.05, 4.69) is 14.8 Å². The second-order valence-corrected chi connectivity index (χ2v) is 6.80. The van der Waals surface area contributed by atoms with Gasteiger partial charge in [-0.3, -0.25) is 0 Å². The number of benzene rings is 1. The monoisotopic (exact) mass is 348 g/mol. The van der Waals surface area contributed by atoms with Gasteiger partial charge in [0.15, 0.2) is 0 Å². The van der Waals surface area contributed by atoms with Gasteiger partial charge in [0, 0.05) is 6.04 Å².